The predicted octanol–water partition coefficient (Wildman–Crippen LogP) is 2.28. The number of rotatable bonds is 9. The molecule has 3 nitrogen and oxygen atoms in total. The van der Waals surface area contributed by atoms with Gasteiger partial charge in [0.1, 0.15) is 0 Å². The van der Waals surface area contributed by atoms with Gasteiger partial charge in [-0.25, -0.2) is 0 Å². The number of allylic oxidation sites excluding steroid dienone is 1. The molecule has 0 amide bonds. The lowest BCUT2D eigenvalue weighted by Crippen LogP contribution is -2.26. The Hall–Kier alpha value is -0.0900. The van der Waals surface area contributed by atoms with E-state index in [1.807, 2.05) is 6.08 Å². The molecule has 0 aromatic carbocycles. The van der Waals surface area contributed by atoms with Crippen molar-refractivity contribution in [3.8, 4) is 0 Å². The average Bonchev–Trinajstić information content (AvgIpc) is 2.68. The minimum Gasteiger partial charge on any atom is -0.392 e. The normalized spacial score (nSPS) is 23.4. The summed E-state index contributed by atoms with van der Waals surface area (Å²) in [7, 11) is 0. The van der Waals surface area contributed by atoms with Gasteiger partial charge in [0.25, 0.3) is 0 Å². The summed E-state index contributed by atoms with van der Waals surface area (Å²) in [6, 6.07) is 0.357. The molecular weight excluding hydrogens is 238 g/mol. The van der Waals surface area contributed by atoms with Crippen LogP contribution in [0.2, 0.25) is 0 Å². The number of hydrogen-bond donors (Lipinski definition) is 2. The summed E-state index contributed by atoms with van der Waals surface area (Å²) in [6.45, 7) is 6.01. The standard InChI is InChI=1S/C13H25NO2.ClH/c1-2-3-4-5-6-7-8-16-11-12-9-13(15)10-14-12;/h2,12-15H,1,3-11H2;1H/t12-,13+;/m0./s1. The molecule has 0 aliphatic carbocycles. The minimum absolute atomic E-state index is 0. The average molecular weight is 264 g/mol. The number of ether oxygens (including phenoxy) is 1. The number of hydrogen-bond acceptors (Lipinski definition) is 3. The first-order valence-corrected chi connectivity index (χ1v) is 6.43. The van der Waals surface area contributed by atoms with Gasteiger partial charge in [0.2, 0.25) is 0 Å². The number of halogens is 1. The van der Waals surface area contributed by atoms with Crippen molar-refractivity contribution in [3.63, 3.8) is 0 Å². The lowest BCUT2D eigenvalue weighted by atomic mass is 10.1. The zero-order chi connectivity index (χ0) is 11.6. The fourth-order valence-corrected chi connectivity index (χ4v) is 2.00. The summed E-state index contributed by atoms with van der Waals surface area (Å²) in [4.78, 5) is 0. The van der Waals surface area contributed by atoms with E-state index >= 15 is 0 Å². The molecule has 2 atom stereocenters. The molecule has 0 aromatic rings. The molecule has 1 aliphatic heterocycles. The molecule has 0 radical (unpaired) electrons. The fourth-order valence-electron chi connectivity index (χ4n) is 2.00. The maximum atomic E-state index is 9.30. The summed E-state index contributed by atoms with van der Waals surface area (Å²) >= 11 is 0. The number of nitrogens with one attached hydrogen (secondary N) is 1. The topological polar surface area (TPSA) is 41.5 Å². The van der Waals surface area contributed by atoms with E-state index in [0.717, 1.165) is 39.0 Å². The van der Waals surface area contributed by atoms with Gasteiger partial charge in [-0.15, -0.1) is 19.0 Å². The maximum absolute atomic E-state index is 9.30. The fraction of sp³-hybridized carbons (Fsp3) is 0.846. The molecule has 1 saturated heterocycles. The Morgan fingerprint density at radius 1 is 1.29 bits per heavy atom. The molecule has 0 bridgehead atoms. The van der Waals surface area contributed by atoms with Crippen LogP contribution in [0.5, 0.6) is 0 Å². The monoisotopic (exact) mass is 263 g/mol. The van der Waals surface area contributed by atoms with Gasteiger partial charge in [-0.3, -0.25) is 0 Å². The first kappa shape index (κ1) is 16.9. The van der Waals surface area contributed by atoms with Gasteiger partial charge in [0.05, 0.1) is 12.7 Å². The van der Waals surface area contributed by atoms with E-state index < -0.39 is 0 Å². The molecule has 0 spiro atoms. The summed E-state index contributed by atoms with van der Waals surface area (Å²) in [5.74, 6) is 0. The van der Waals surface area contributed by atoms with Crippen molar-refractivity contribution in [3.05, 3.63) is 12.7 Å². The van der Waals surface area contributed by atoms with E-state index in [-0.39, 0.29) is 18.5 Å². The highest BCUT2D eigenvalue weighted by molar-refractivity contribution is 5.85. The summed E-state index contributed by atoms with van der Waals surface area (Å²) < 4.78 is 5.58. The first-order chi connectivity index (χ1) is 7.83. The maximum Gasteiger partial charge on any atom is 0.0680 e. The van der Waals surface area contributed by atoms with Crippen LogP contribution in [0.3, 0.4) is 0 Å². The highest BCUT2D eigenvalue weighted by Crippen LogP contribution is 2.07. The lowest BCUT2D eigenvalue weighted by Gasteiger charge is -2.10. The highest BCUT2D eigenvalue weighted by atomic mass is 35.5. The van der Waals surface area contributed by atoms with Crippen molar-refractivity contribution in [2.75, 3.05) is 19.8 Å². The van der Waals surface area contributed by atoms with Crippen LogP contribution >= 0.6 is 12.4 Å². The van der Waals surface area contributed by atoms with Crippen LogP contribution < -0.4 is 5.32 Å². The van der Waals surface area contributed by atoms with E-state index in [2.05, 4.69) is 11.9 Å². The molecule has 102 valence electrons. The first-order valence-electron chi connectivity index (χ1n) is 6.43. The highest BCUT2D eigenvalue weighted by Gasteiger charge is 2.21. The van der Waals surface area contributed by atoms with E-state index in [9.17, 15) is 5.11 Å². The Kier molecular flexibility index (Phi) is 11.0. The molecule has 1 aliphatic rings. The minimum atomic E-state index is -0.174. The Balaban J connectivity index is 0.00000256. The lowest BCUT2D eigenvalue weighted by molar-refractivity contribution is 0.107. The number of unbranched alkanes of at least 4 members (excludes halogenated alkanes) is 4. The molecule has 0 saturated carbocycles. The van der Waals surface area contributed by atoms with Crippen molar-refractivity contribution in [1.82, 2.24) is 5.32 Å². The van der Waals surface area contributed by atoms with Crippen LogP contribution in [0, 0.1) is 0 Å². The molecule has 0 unspecified atom stereocenters. The van der Waals surface area contributed by atoms with Crippen molar-refractivity contribution in [1.29, 1.82) is 0 Å². The largest absolute Gasteiger partial charge is 0.392 e. The predicted molar refractivity (Wildman–Crippen MR) is 73.8 cm³/mol. The van der Waals surface area contributed by atoms with E-state index in [0.29, 0.717) is 6.04 Å². The zero-order valence-electron chi connectivity index (χ0n) is 10.6. The number of aliphatic hydroxyl groups excluding tert-OH is 1. The molecule has 4 heteroatoms. The van der Waals surface area contributed by atoms with Crippen molar-refractivity contribution < 1.29 is 9.84 Å². The molecule has 1 fully saturated rings. The summed E-state index contributed by atoms with van der Waals surface area (Å²) in [5.41, 5.74) is 0. The van der Waals surface area contributed by atoms with E-state index in [1.54, 1.807) is 0 Å². The van der Waals surface area contributed by atoms with Gasteiger partial charge in [-0.2, -0.15) is 0 Å². The third-order valence-corrected chi connectivity index (χ3v) is 2.96. The van der Waals surface area contributed by atoms with Crippen molar-refractivity contribution >= 4 is 12.4 Å². The van der Waals surface area contributed by atoms with Crippen LogP contribution in [-0.4, -0.2) is 37.0 Å². The summed E-state index contributed by atoms with van der Waals surface area (Å²) in [5, 5.41) is 12.5. The molecular formula is C13H26ClNO2. The molecule has 0 aromatic heterocycles. The van der Waals surface area contributed by atoms with Crippen LogP contribution in [0.1, 0.15) is 38.5 Å². The second-order valence-electron chi connectivity index (χ2n) is 4.56. The molecule has 2 N–H and O–H groups in total. The zero-order valence-corrected chi connectivity index (χ0v) is 11.4. The van der Waals surface area contributed by atoms with Crippen LogP contribution in [0.25, 0.3) is 0 Å². The van der Waals surface area contributed by atoms with Crippen LogP contribution in [-0.2, 0) is 4.74 Å². The second-order valence-corrected chi connectivity index (χ2v) is 4.56. The Bertz CT molecular complexity index is 190. The molecule has 17 heavy (non-hydrogen) atoms. The van der Waals surface area contributed by atoms with E-state index in [4.69, 9.17) is 4.74 Å². The molecule has 1 rings (SSSR count). The second kappa shape index (κ2) is 11.0. The van der Waals surface area contributed by atoms with Gasteiger partial charge in [-0.1, -0.05) is 18.9 Å². The summed E-state index contributed by atoms with van der Waals surface area (Å²) in [6.07, 6.45) is 8.68. The Morgan fingerprint density at radius 2 is 2.06 bits per heavy atom. The van der Waals surface area contributed by atoms with Gasteiger partial charge in [0, 0.05) is 19.2 Å². The smallest absolute Gasteiger partial charge is 0.0680 e. The van der Waals surface area contributed by atoms with Gasteiger partial charge in [-0.05, 0) is 25.7 Å². The quantitative estimate of drug-likeness (QED) is 0.495. The van der Waals surface area contributed by atoms with Crippen molar-refractivity contribution in [2.45, 2.75) is 50.7 Å². The Labute approximate surface area is 111 Å². The SMILES string of the molecule is C=CCCCCCCOC[C@@H]1C[C@@H](O)CN1.Cl. The number of aliphatic hydroxyl groups is 1. The number of β-amino-alcohol motifs (C(OH)–C–C–N with tert-alkyl or cyclic N) is 1. The van der Waals surface area contributed by atoms with Gasteiger partial charge in [0.15, 0.2) is 0 Å². The van der Waals surface area contributed by atoms with Gasteiger partial charge < -0.3 is 15.2 Å². The Morgan fingerprint density at radius 3 is 2.71 bits per heavy atom. The molecule has 1 heterocycles. The van der Waals surface area contributed by atoms with Crippen LogP contribution in [0.4, 0.5) is 0 Å². The van der Waals surface area contributed by atoms with Gasteiger partial charge >= 0.3 is 0 Å². The van der Waals surface area contributed by atoms with E-state index in [1.165, 1.54) is 19.3 Å². The van der Waals surface area contributed by atoms with Crippen molar-refractivity contribution in [2.24, 2.45) is 0 Å². The third kappa shape index (κ3) is 8.61. The van der Waals surface area contributed by atoms with Crippen LogP contribution in [0.15, 0.2) is 12.7 Å². The third-order valence-electron chi connectivity index (χ3n) is 2.96.